The lowest BCUT2D eigenvalue weighted by Crippen LogP contribution is -2.40. The third-order valence-electron chi connectivity index (χ3n) is 6.83. The monoisotopic (exact) mass is 428 g/mol. The van der Waals surface area contributed by atoms with Crippen LogP contribution >= 0.6 is 0 Å². The molecular weight excluding hydrogens is 396 g/mol. The van der Waals surface area contributed by atoms with Crippen molar-refractivity contribution in [2.24, 2.45) is 11.8 Å². The Morgan fingerprint density at radius 3 is 2.32 bits per heavy atom. The molecule has 3 atom stereocenters. The second-order valence-electron chi connectivity index (χ2n) is 8.55. The minimum Gasteiger partial charge on any atom is -0.467 e. The quantitative estimate of drug-likeness (QED) is 0.422. The number of hydrogen-bond donors (Lipinski definition) is 0. The molecule has 3 rings (SSSR count). The van der Waals surface area contributed by atoms with E-state index in [1.165, 1.54) is 12.0 Å². The molecule has 0 saturated carbocycles. The molecule has 0 radical (unpaired) electrons. The normalized spacial score (nSPS) is 20.2. The van der Waals surface area contributed by atoms with E-state index in [-0.39, 0.29) is 23.7 Å². The van der Waals surface area contributed by atoms with Gasteiger partial charge in [0.25, 0.3) is 11.8 Å². The molecule has 1 aromatic rings. The maximum Gasteiger partial charge on any atom is 0.328 e. The van der Waals surface area contributed by atoms with Crippen LogP contribution in [0.25, 0.3) is 0 Å². The van der Waals surface area contributed by atoms with Gasteiger partial charge in [0.15, 0.2) is 0 Å². The molecular formula is C24H32N2O5. The van der Waals surface area contributed by atoms with Gasteiger partial charge in [0, 0.05) is 19.5 Å². The molecule has 7 heteroatoms. The van der Waals surface area contributed by atoms with Gasteiger partial charge in [-0.1, -0.05) is 32.4 Å². The number of esters is 1. The molecule has 0 N–H and O–H groups in total. The average molecular weight is 429 g/mol. The number of benzene rings is 1. The Labute approximate surface area is 183 Å². The second-order valence-corrected chi connectivity index (χ2v) is 8.55. The summed E-state index contributed by atoms with van der Waals surface area (Å²) in [5, 5.41) is 0. The minimum atomic E-state index is -0.474. The zero-order valence-corrected chi connectivity index (χ0v) is 18.6. The molecule has 1 saturated heterocycles. The molecule has 2 aliphatic rings. The van der Waals surface area contributed by atoms with Gasteiger partial charge >= 0.3 is 5.97 Å². The smallest absolute Gasteiger partial charge is 0.328 e. The Kier molecular flexibility index (Phi) is 7.46. The predicted octanol–water partition coefficient (Wildman–Crippen LogP) is 3.28. The van der Waals surface area contributed by atoms with Gasteiger partial charge in [-0.25, -0.2) is 4.79 Å². The number of carbonyl (C=O) groups excluding carboxylic acids is 4. The van der Waals surface area contributed by atoms with Crippen molar-refractivity contribution in [2.75, 3.05) is 20.2 Å². The Bertz CT molecular complexity index is 817. The highest BCUT2D eigenvalue weighted by Gasteiger charge is 2.37. The molecule has 1 aromatic carbocycles. The number of imide groups is 1. The van der Waals surface area contributed by atoms with Crippen LogP contribution in [0.5, 0.6) is 0 Å². The first kappa shape index (κ1) is 23.0. The standard InChI is InChI=1S/C24H32N2O5/c1-4-16(2)17(8-7-14-25-20(24(30)31-3)11-12-21(25)27)13-15-26-22(28)18-9-5-6-10-19(18)23(26)29/h5-6,9-10,16-17,20H,4,7-8,11-15H2,1-3H3/t16-,17?,20-/m0/s1. The molecule has 0 aromatic heterocycles. The molecule has 0 bridgehead atoms. The third kappa shape index (κ3) is 4.81. The van der Waals surface area contributed by atoms with Crippen LogP contribution in [-0.4, -0.2) is 59.7 Å². The Hall–Kier alpha value is -2.70. The van der Waals surface area contributed by atoms with Gasteiger partial charge < -0.3 is 9.64 Å². The van der Waals surface area contributed by atoms with Crippen LogP contribution in [0.3, 0.4) is 0 Å². The molecule has 1 unspecified atom stereocenters. The summed E-state index contributed by atoms with van der Waals surface area (Å²) >= 11 is 0. The van der Waals surface area contributed by atoms with E-state index in [1.54, 1.807) is 29.2 Å². The number of ether oxygens (including phenoxy) is 1. The highest BCUT2D eigenvalue weighted by atomic mass is 16.5. The van der Waals surface area contributed by atoms with Crippen molar-refractivity contribution in [2.45, 2.75) is 58.4 Å². The van der Waals surface area contributed by atoms with Crippen molar-refractivity contribution in [3.8, 4) is 0 Å². The molecule has 7 nitrogen and oxygen atoms in total. The summed E-state index contributed by atoms with van der Waals surface area (Å²) in [5.41, 5.74) is 0.961. The van der Waals surface area contributed by atoms with Crippen LogP contribution in [0, 0.1) is 11.8 Å². The van der Waals surface area contributed by atoms with Gasteiger partial charge in [-0.15, -0.1) is 0 Å². The summed E-state index contributed by atoms with van der Waals surface area (Å²) in [7, 11) is 1.35. The van der Waals surface area contributed by atoms with E-state index in [9.17, 15) is 19.2 Å². The first-order valence-corrected chi connectivity index (χ1v) is 11.2. The number of rotatable bonds is 10. The van der Waals surface area contributed by atoms with Crippen molar-refractivity contribution in [1.82, 2.24) is 9.80 Å². The van der Waals surface area contributed by atoms with Crippen molar-refractivity contribution in [3.63, 3.8) is 0 Å². The first-order valence-electron chi connectivity index (χ1n) is 11.2. The number of likely N-dealkylation sites (tertiary alicyclic amines) is 1. The summed E-state index contributed by atoms with van der Waals surface area (Å²) in [6, 6.07) is 6.48. The van der Waals surface area contributed by atoms with E-state index in [4.69, 9.17) is 4.74 Å². The molecule has 3 amide bonds. The van der Waals surface area contributed by atoms with E-state index >= 15 is 0 Å². The van der Waals surface area contributed by atoms with Crippen molar-refractivity contribution < 1.29 is 23.9 Å². The van der Waals surface area contributed by atoms with Gasteiger partial charge in [0.05, 0.1) is 18.2 Å². The van der Waals surface area contributed by atoms with Crippen molar-refractivity contribution in [3.05, 3.63) is 35.4 Å². The van der Waals surface area contributed by atoms with Crippen LogP contribution in [0.4, 0.5) is 0 Å². The maximum absolute atomic E-state index is 12.6. The highest BCUT2D eigenvalue weighted by Crippen LogP contribution is 2.29. The lowest BCUT2D eigenvalue weighted by Gasteiger charge is -2.27. The molecule has 2 heterocycles. The van der Waals surface area contributed by atoms with E-state index < -0.39 is 6.04 Å². The zero-order valence-electron chi connectivity index (χ0n) is 18.6. The molecule has 2 aliphatic heterocycles. The number of carbonyl (C=O) groups is 4. The molecule has 168 valence electrons. The van der Waals surface area contributed by atoms with Crippen LogP contribution in [0.2, 0.25) is 0 Å². The fraction of sp³-hybridized carbons (Fsp3) is 0.583. The fourth-order valence-electron chi connectivity index (χ4n) is 4.70. The van der Waals surface area contributed by atoms with Crippen molar-refractivity contribution in [1.29, 1.82) is 0 Å². The summed E-state index contributed by atoms with van der Waals surface area (Å²) < 4.78 is 4.84. The SMILES string of the molecule is CC[C@H](C)C(CCCN1C(=O)CC[C@H]1C(=O)OC)CCN1C(=O)c2ccccc2C1=O. The van der Waals surface area contributed by atoms with Gasteiger partial charge in [-0.05, 0) is 49.7 Å². The van der Waals surface area contributed by atoms with Crippen LogP contribution in [0.1, 0.15) is 73.1 Å². The minimum absolute atomic E-state index is 0.00140. The largest absolute Gasteiger partial charge is 0.467 e. The Morgan fingerprint density at radius 2 is 1.74 bits per heavy atom. The van der Waals surface area contributed by atoms with Crippen LogP contribution in [-0.2, 0) is 14.3 Å². The predicted molar refractivity (Wildman–Crippen MR) is 115 cm³/mol. The second kappa shape index (κ2) is 10.1. The summed E-state index contributed by atoms with van der Waals surface area (Å²) in [6.45, 7) is 5.25. The lowest BCUT2D eigenvalue weighted by atomic mass is 9.85. The number of hydrogen-bond acceptors (Lipinski definition) is 5. The maximum atomic E-state index is 12.6. The first-order chi connectivity index (χ1) is 14.9. The molecule has 0 aliphatic carbocycles. The van der Waals surface area contributed by atoms with Crippen molar-refractivity contribution >= 4 is 23.7 Å². The molecule has 0 spiro atoms. The zero-order chi connectivity index (χ0) is 22.5. The van der Waals surface area contributed by atoms with Gasteiger partial charge in [-0.3, -0.25) is 19.3 Å². The van der Waals surface area contributed by atoms with Crippen LogP contribution < -0.4 is 0 Å². The van der Waals surface area contributed by atoms with E-state index in [2.05, 4.69) is 13.8 Å². The van der Waals surface area contributed by atoms with Crippen LogP contribution in [0.15, 0.2) is 24.3 Å². The molecule has 31 heavy (non-hydrogen) atoms. The Balaban J connectivity index is 1.57. The van der Waals surface area contributed by atoms with Gasteiger partial charge in [-0.2, -0.15) is 0 Å². The Morgan fingerprint density at radius 1 is 1.10 bits per heavy atom. The van der Waals surface area contributed by atoms with E-state index in [1.807, 2.05) is 0 Å². The van der Waals surface area contributed by atoms with E-state index in [0.29, 0.717) is 48.9 Å². The topological polar surface area (TPSA) is 84.0 Å². The summed E-state index contributed by atoms with van der Waals surface area (Å²) in [6.07, 6.45) is 4.27. The summed E-state index contributed by atoms with van der Waals surface area (Å²) in [5.74, 6) is -0.0277. The number of fused-ring (bicyclic) bond motifs is 1. The highest BCUT2D eigenvalue weighted by molar-refractivity contribution is 6.21. The number of methoxy groups -OCH3 is 1. The molecule has 1 fully saturated rings. The number of nitrogens with zero attached hydrogens (tertiary/aromatic N) is 2. The van der Waals surface area contributed by atoms with Gasteiger partial charge in [0.2, 0.25) is 5.91 Å². The van der Waals surface area contributed by atoms with Gasteiger partial charge in [0.1, 0.15) is 6.04 Å². The summed E-state index contributed by atoms with van der Waals surface area (Å²) in [4.78, 5) is 52.4. The van der Waals surface area contributed by atoms with E-state index in [0.717, 1.165) is 25.7 Å². The third-order valence-corrected chi connectivity index (χ3v) is 6.83. The lowest BCUT2D eigenvalue weighted by molar-refractivity contribution is -0.149. The fourth-order valence-corrected chi connectivity index (χ4v) is 4.70. The number of amides is 3. The average Bonchev–Trinajstić information content (AvgIpc) is 3.27.